The van der Waals surface area contributed by atoms with Crippen LogP contribution in [-0.2, 0) is 11.2 Å². The molecule has 0 aliphatic carbocycles. The van der Waals surface area contributed by atoms with E-state index in [1.54, 1.807) is 12.1 Å². The number of rotatable bonds is 2. The molecule has 3 heterocycles. The van der Waals surface area contributed by atoms with E-state index in [0.29, 0.717) is 11.1 Å². The smallest absolute Gasteiger partial charge is 0.244 e. The molecule has 5 rings (SSSR count). The van der Waals surface area contributed by atoms with E-state index < -0.39 is 36.1 Å². The minimum Gasteiger partial charge on any atom is -0.508 e. The molecule has 9 nitrogen and oxygen atoms in total. The third-order valence-electron chi connectivity index (χ3n) is 5.59. The quantitative estimate of drug-likeness (QED) is 0.406. The highest BCUT2D eigenvalue weighted by Gasteiger charge is 2.59. The number of aliphatic hydroxyl groups is 3. The molecule has 30 heavy (non-hydrogen) atoms. The van der Waals surface area contributed by atoms with Gasteiger partial charge in [0.2, 0.25) is 5.79 Å². The van der Waals surface area contributed by atoms with Crippen molar-refractivity contribution in [1.82, 2.24) is 0 Å². The average Bonchev–Trinajstić information content (AvgIpc) is 3.20. The summed E-state index contributed by atoms with van der Waals surface area (Å²) in [5, 5.41) is 49.8. The van der Waals surface area contributed by atoms with Crippen molar-refractivity contribution in [2.24, 2.45) is 0 Å². The monoisotopic (exact) mass is 414 g/mol. The topological polar surface area (TPSA) is 150 Å². The van der Waals surface area contributed by atoms with Gasteiger partial charge in [-0.2, -0.15) is 0 Å². The van der Waals surface area contributed by atoms with Gasteiger partial charge in [0, 0.05) is 29.7 Å². The number of ether oxygens (including phenoxy) is 2. The summed E-state index contributed by atoms with van der Waals surface area (Å²) in [5.74, 6) is -1.64. The third-order valence-corrected chi connectivity index (χ3v) is 5.59. The number of aliphatic hydroxyl groups excluding tert-OH is 3. The number of benzene rings is 2. The molecule has 5 N–H and O–H groups in total. The molecule has 1 saturated heterocycles. The fraction of sp³-hybridized carbons (Fsp3) is 0.286. The number of aromatic hydroxyl groups is 2. The van der Waals surface area contributed by atoms with Crippen LogP contribution < -0.4 is 10.2 Å². The van der Waals surface area contributed by atoms with E-state index in [-0.39, 0.29) is 40.4 Å². The van der Waals surface area contributed by atoms with Crippen LogP contribution in [0.15, 0.2) is 45.6 Å². The summed E-state index contributed by atoms with van der Waals surface area (Å²) in [4.78, 5) is 12.7. The Kier molecular flexibility index (Phi) is 4.06. The van der Waals surface area contributed by atoms with Crippen molar-refractivity contribution in [3.8, 4) is 28.6 Å². The second-order valence-corrected chi connectivity index (χ2v) is 7.46. The van der Waals surface area contributed by atoms with Crippen LogP contribution in [0.25, 0.3) is 22.3 Å². The van der Waals surface area contributed by atoms with Crippen LogP contribution in [0.5, 0.6) is 17.2 Å². The van der Waals surface area contributed by atoms with Crippen LogP contribution in [0.4, 0.5) is 0 Å². The maximum atomic E-state index is 12.7. The van der Waals surface area contributed by atoms with E-state index >= 15 is 0 Å². The van der Waals surface area contributed by atoms with Gasteiger partial charge >= 0.3 is 0 Å². The lowest BCUT2D eigenvalue weighted by Gasteiger charge is -2.26. The minimum absolute atomic E-state index is 0.0522. The van der Waals surface area contributed by atoms with Gasteiger partial charge < -0.3 is 39.4 Å². The Morgan fingerprint density at radius 1 is 1.10 bits per heavy atom. The average molecular weight is 414 g/mol. The van der Waals surface area contributed by atoms with Gasteiger partial charge in [-0.1, -0.05) is 0 Å². The second-order valence-electron chi connectivity index (χ2n) is 7.46. The molecule has 156 valence electrons. The van der Waals surface area contributed by atoms with Crippen LogP contribution >= 0.6 is 0 Å². The van der Waals surface area contributed by atoms with Gasteiger partial charge in [0.05, 0.1) is 6.61 Å². The lowest BCUT2D eigenvalue weighted by molar-refractivity contribution is -0.200. The number of hydrogen-bond acceptors (Lipinski definition) is 9. The molecule has 1 aromatic heterocycles. The molecule has 2 aliphatic heterocycles. The first-order chi connectivity index (χ1) is 14.3. The first kappa shape index (κ1) is 18.9. The summed E-state index contributed by atoms with van der Waals surface area (Å²) in [6.07, 6.45) is -3.96. The largest absolute Gasteiger partial charge is 0.508 e. The standard InChI is InChI=1S/C21H18O9/c22-8-16-18(26)20(27)21(30-16)7-11-15(29-21)6-13(25)17-12(24)5-14(28-19(11)17)9-1-3-10(23)4-2-9/h1-6,16,18,20,22-23,25-27H,7-8H2/t16-,18-,20+,21+/m1/s1. The zero-order valence-corrected chi connectivity index (χ0v) is 15.5. The summed E-state index contributed by atoms with van der Waals surface area (Å²) in [7, 11) is 0. The highest BCUT2D eigenvalue weighted by Crippen LogP contribution is 2.48. The molecule has 0 unspecified atom stereocenters. The van der Waals surface area contributed by atoms with Crippen molar-refractivity contribution in [2.45, 2.75) is 30.5 Å². The predicted molar refractivity (Wildman–Crippen MR) is 102 cm³/mol. The third kappa shape index (κ3) is 2.60. The van der Waals surface area contributed by atoms with Gasteiger partial charge in [0.15, 0.2) is 5.43 Å². The van der Waals surface area contributed by atoms with Gasteiger partial charge in [-0.15, -0.1) is 0 Å². The Morgan fingerprint density at radius 3 is 2.50 bits per heavy atom. The van der Waals surface area contributed by atoms with Gasteiger partial charge in [-0.3, -0.25) is 4.79 Å². The normalized spacial score (nSPS) is 27.5. The summed E-state index contributed by atoms with van der Waals surface area (Å²) in [6, 6.07) is 8.52. The van der Waals surface area contributed by atoms with Crippen molar-refractivity contribution in [1.29, 1.82) is 0 Å². The molecular formula is C21H18O9. The summed E-state index contributed by atoms with van der Waals surface area (Å²) in [5.41, 5.74) is 0.493. The molecule has 0 saturated carbocycles. The van der Waals surface area contributed by atoms with Gasteiger partial charge in [0.25, 0.3) is 0 Å². The lowest BCUT2D eigenvalue weighted by Crippen LogP contribution is -2.47. The summed E-state index contributed by atoms with van der Waals surface area (Å²) < 4.78 is 17.3. The van der Waals surface area contributed by atoms with Crippen molar-refractivity contribution in [3.63, 3.8) is 0 Å². The zero-order chi connectivity index (χ0) is 21.2. The summed E-state index contributed by atoms with van der Waals surface area (Å²) >= 11 is 0. The minimum atomic E-state index is -1.68. The molecule has 2 aliphatic rings. The Balaban J connectivity index is 1.67. The Bertz CT molecular complexity index is 1200. The van der Waals surface area contributed by atoms with Crippen molar-refractivity contribution < 1.29 is 39.4 Å². The van der Waals surface area contributed by atoms with Crippen LogP contribution in [0.1, 0.15) is 5.56 Å². The van der Waals surface area contributed by atoms with E-state index in [2.05, 4.69) is 0 Å². The first-order valence-corrected chi connectivity index (χ1v) is 9.29. The highest BCUT2D eigenvalue weighted by atomic mass is 16.7. The summed E-state index contributed by atoms with van der Waals surface area (Å²) in [6.45, 7) is -0.522. The van der Waals surface area contributed by atoms with E-state index in [0.717, 1.165) is 0 Å². The van der Waals surface area contributed by atoms with Gasteiger partial charge in [0.1, 0.15) is 52.3 Å². The van der Waals surface area contributed by atoms with Gasteiger partial charge in [-0.05, 0) is 24.3 Å². The molecule has 0 bridgehead atoms. The van der Waals surface area contributed by atoms with E-state index in [4.69, 9.17) is 13.9 Å². The van der Waals surface area contributed by atoms with Crippen LogP contribution in [-0.4, -0.2) is 56.2 Å². The van der Waals surface area contributed by atoms with Gasteiger partial charge in [-0.25, -0.2) is 0 Å². The number of fused-ring (bicyclic) bond motifs is 3. The zero-order valence-electron chi connectivity index (χ0n) is 15.5. The van der Waals surface area contributed by atoms with Crippen LogP contribution in [0, 0.1) is 0 Å². The Morgan fingerprint density at radius 2 is 1.83 bits per heavy atom. The fourth-order valence-electron chi connectivity index (χ4n) is 4.07. The molecule has 0 radical (unpaired) electrons. The SMILES string of the molecule is O=c1cc(-c2ccc(O)cc2)oc2c3c(cc(O)c12)O[C@@]1(C3)O[C@H](CO)[C@@H](O)[C@@H]1O. The van der Waals surface area contributed by atoms with E-state index in [1.165, 1.54) is 24.3 Å². The van der Waals surface area contributed by atoms with E-state index in [1.807, 2.05) is 0 Å². The lowest BCUT2D eigenvalue weighted by atomic mass is 9.98. The Hall–Kier alpha value is -3.11. The fourth-order valence-corrected chi connectivity index (χ4v) is 4.07. The second kappa shape index (κ2) is 6.44. The maximum absolute atomic E-state index is 12.7. The van der Waals surface area contributed by atoms with Crippen molar-refractivity contribution in [2.75, 3.05) is 6.61 Å². The molecule has 3 aromatic rings. The van der Waals surface area contributed by atoms with Crippen LogP contribution in [0.2, 0.25) is 0 Å². The molecule has 0 amide bonds. The van der Waals surface area contributed by atoms with Crippen molar-refractivity contribution in [3.05, 3.63) is 52.2 Å². The predicted octanol–water partition coefficient (Wildman–Crippen LogP) is 0.615. The number of phenols is 2. The Labute approximate surface area is 169 Å². The number of phenolic OH excluding ortho intramolecular Hbond substituents is 2. The highest BCUT2D eigenvalue weighted by molar-refractivity contribution is 5.90. The molecule has 1 fully saturated rings. The van der Waals surface area contributed by atoms with Crippen LogP contribution in [0.3, 0.4) is 0 Å². The van der Waals surface area contributed by atoms with E-state index in [9.17, 15) is 30.3 Å². The molecule has 9 heteroatoms. The maximum Gasteiger partial charge on any atom is 0.244 e. The molecular weight excluding hydrogens is 396 g/mol. The first-order valence-electron chi connectivity index (χ1n) is 9.29. The molecule has 2 aromatic carbocycles. The van der Waals surface area contributed by atoms with Crippen molar-refractivity contribution >= 4 is 11.0 Å². The molecule has 1 spiro atoms. The number of hydrogen-bond donors (Lipinski definition) is 5. The molecule has 4 atom stereocenters.